The molecular weight excluding hydrogens is 362 g/mol. The Hall–Kier alpha value is -1.76. The molecule has 0 atom stereocenters. The Morgan fingerprint density at radius 3 is 2.65 bits per heavy atom. The molecule has 0 saturated heterocycles. The van der Waals surface area contributed by atoms with Crippen LogP contribution in [-0.4, -0.2) is 10.9 Å². The second-order valence-corrected chi connectivity index (χ2v) is 6.38. The highest BCUT2D eigenvalue weighted by atomic mass is 35.5. The van der Waals surface area contributed by atoms with Gasteiger partial charge < -0.3 is 10.2 Å². The van der Waals surface area contributed by atoms with Gasteiger partial charge in [0.1, 0.15) is 11.3 Å². The Bertz CT molecular complexity index is 894. The van der Waals surface area contributed by atoms with Gasteiger partial charge in [-0.05, 0) is 23.8 Å². The maximum absolute atomic E-state index is 13.5. The number of hydrogen-bond donors (Lipinski definition) is 1. The molecule has 0 fully saturated rings. The molecule has 0 unspecified atom stereocenters. The maximum Gasteiger partial charge on any atom is 0.257 e. The number of aromatic nitrogens is 1. The molecule has 0 aliphatic heterocycles. The Balaban J connectivity index is 1.93. The standard InChI is InChI=1S/C15H9Cl2FN2O2S/c16-10-2-1-3-11(17)9(10)6-23-15-20-12-5-7(18)4-8(14(19)21)13(12)22-15/h1-5H,6H2,(H2,19,21). The lowest BCUT2D eigenvalue weighted by molar-refractivity contribution is 0.100. The molecule has 3 rings (SSSR count). The molecule has 0 bridgehead atoms. The second kappa shape index (κ2) is 6.39. The first-order valence-corrected chi connectivity index (χ1v) is 8.15. The van der Waals surface area contributed by atoms with Crippen molar-refractivity contribution in [2.24, 2.45) is 5.73 Å². The van der Waals surface area contributed by atoms with Crippen molar-refractivity contribution in [3.8, 4) is 0 Å². The first-order chi connectivity index (χ1) is 11.0. The van der Waals surface area contributed by atoms with Crippen LogP contribution in [0.3, 0.4) is 0 Å². The number of amides is 1. The van der Waals surface area contributed by atoms with Crippen molar-refractivity contribution >= 4 is 52.0 Å². The Kier molecular flexibility index (Phi) is 4.48. The van der Waals surface area contributed by atoms with Gasteiger partial charge in [0.2, 0.25) is 0 Å². The van der Waals surface area contributed by atoms with E-state index in [9.17, 15) is 9.18 Å². The first-order valence-electron chi connectivity index (χ1n) is 6.41. The van der Waals surface area contributed by atoms with Crippen LogP contribution in [0.4, 0.5) is 4.39 Å². The van der Waals surface area contributed by atoms with Gasteiger partial charge in [-0.3, -0.25) is 4.79 Å². The average Bonchev–Trinajstić information content (AvgIpc) is 2.88. The molecule has 23 heavy (non-hydrogen) atoms. The zero-order chi connectivity index (χ0) is 16.6. The predicted molar refractivity (Wildman–Crippen MR) is 88.5 cm³/mol. The molecule has 0 aliphatic carbocycles. The van der Waals surface area contributed by atoms with Gasteiger partial charge in [-0.1, -0.05) is 41.0 Å². The summed E-state index contributed by atoms with van der Waals surface area (Å²) in [6, 6.07) is 7.42. The molecule has 8 heteroatoms. The van der Waals surface area contributed by atoms with E-state index in [0.29, 0.717) is 15.8 Å². The highest BCUT2D eigenvalue weighted by molar-refractivity contribution is 7.98. The molecule has 2 N–H and O–H groups in total. The number of nitrogens with two attached hydrogens (primary N) is 1. The van der Waals surface area contributed by atoms with E-state index in [1.807, 2.05) is 0 Å². The van der Waals surface area contributed by atoms with Crippen molar-refractivity contribution in [2.75, 3.05) is 0 Å². The van der Waals surface area contributed by atoms with Gasteiger partial charge in [0.05, 0.1) is 5.56 Å². The number of benzene rings is 2. The molecule has 3 aromatic rings. The van der Waals surface area contributed by atoms with E-state index < -0.39 is 11.7 Å². The fourth-order valence-corrected chi connectivity index (χ4v) is 3.60. The van der Waals surface area contributed by atoms with E-state index in [4.69, 9.17) is 33.4 Å². The Morgan fingerprint density at radius 2 is 2.00 bits per heavy atom. The monoisotopic (exact) mass is 370 g/mol. The van der Waals surface area contributed by atoms with Crippen LogP contribution in [0.5, 0.6) is 0 Å². The number of thioether (sulfide) groups is 1. The SMILES string of the molecule is NC(=O)c1cc(F)cc2nc(SCc3c(Cl)cccc3Cl)oc12. The minimum absolute atomic E-state index is 0.0462. The van der Waals surface area contributed by atoms with Crippen LogP contribution in [0.2, 0.25) is 10.0 Å². The summed E-state index contributed by atoms with van der Waals surface area (Å²) in [4.78, 5) is 15.5. The first kappa shape index (κ1) is 16.1. The minimum Gasteiger partial charge on any atom is -0.430 e. The lowest BCUT2D eigenvalue weighted by atomic mass is 10.2. The summed E-state index contributed by atoms with van der Waals surface area (Å²) in [6.45, 7) is 0. The Labute approximate surface area is 144 Å². The molecule has 118 valence electrons. The molecule has 0 saturated carbocycles. The summed E-state index contributed by atoms with van der Waals surface area (Å²) in [7, 11) is 0. The largest absolute Gasteiger partial charge is 0.430 e. The average molecular weight is 371 g/mol. The molecular formula is C15H9Cl2FN2O2S. The number of nitrogens with zero attached hydrogens (tertiary/aromatic N) is 1. The fourth-order valence-electron chi connectivity index (χ4n) is 2.03. The summed E-state index contributed by atoms with van der Waals surface area (Å²) in [5.41, 5.74) is 6.31. The van der Waals surface area contributed by atoms with Crippen LogP contribution in [0.15, 0.2) is 40.0 Å². The minimum atomic E-state index is -0.781. The van der Waals surface area contributed by atoms with E-state index in [2.05, 4.69) is 4.98 Å². The van der Waals surface area contributed by atoms with Gasteiger partial charge in [0, 0.05) is 21.9 Å². The highest BCUT2D eigenvalue weighted by Crippen LogP contribution is 2.33. The zero-order valence-corrected chi connectivity index (χ0v) is 13.8. The molecule has 4 nitrogen and oxygen atoms in total. The molecule has 0 aliphatic rings. The highest BCUT2D eigenvalue weighted by Gasteiger charge is 2.17. The number of carbonyl (C=O) groups is 1. The van der Waals surface area contributed by atoms with Crippen LogP contribution in [0.25, 0.3) is 11.1 Å². The van der Waals surface area contributed by atoms with E-state index in [0.717, 1.165) is 11.6 Å². The zero-order valence-electron chi connectivity index (χ0n) is 11.5. The number of oxazole rings is 1. The van der Waals surface area contributed by atoms with Crippen LogP contribution < -0.4 is 5.73 Å². The number of rotatable bonds is 4. The lowest BCUT2D eigenvalue weighted by Gasteiger charge is -2.04. The third-order valence-electron chi connectivity index (χ3n) is 3.10. The van der Waals surface area contributed by atoms with Crippen molar-refractivity contribution in [1.29, 1.82) is 0 Å². The quantitative estimate of drug-likeness (QED) is 0.677. The number of primary amides is 1. The van der Waals surface area contributed by atoms with Gasteiger partial charge in [0.15, 0.2) is 5.58 Å². The van der Waals surface area contributed by atoms with Gasteiger partial charge in [-0.25, -0.2) is 9.37 Å². The molecule has 1 amide bonds. The van der Waals surface area contributed by atoms with Crippen molar-refractivity contribution in [3.05, 3.63) is 57.3 Å². The number of halogens is 3. The number of fused-ring (bicyclic) bond motifs is 1. The fraction of sp³-hybridized carbons (Fsp3) is 0.0667. The number of hydrogen-bond acceptors (Lipinski definition) is 4. The van der Waals surface area contributed by atoms with Crippen molar-refractivity contribution in [2.45, 2.75) is 11.0 Å². The van der Waals surface area contributed by atoms with Crippen LogP contribution >= 0.6 is 35.0 Å². The van der Waals surface area contributed by atoms with E-state index in [1.165, 1.54) is 17.8 Å². The van der Waals surface area contributed by atoms with Crippen molar-refractivity contribution < 1.29 is 13.6 Å². The molecule has 1 heterocycles. The summed E-state index contributed by atoms with van der Waals surface area (Å²) < 4.78 is 19.0. The van der Waals surface area contributed by atoms with Crippen molar-refractivity contribution in [3.63, 3.8) is 0 Å². The predicted octanol–water partition coefficient (Wildman–Crippen LogP) is 4.66. The summed E-state index contributed by atoms with van der Waals surface area (Å²) in [5, 5.41) is 1.33. The van der Waals surface area contributed by atoms with Gasteiger partial charge in [0.25, 0.3) is 11.1 Å². The normalized spacial score (nSPS) is 11.1. The summed E-state index contributed by atoms with van der Waals surface area (Å²) in [6.07, 6.45) is 0. The smallest absolute Gasteiger partial charge is 0.257 e. The van der Waals surface area contributed by atoms with Crippen molar-refractivity contribution in [1.82, 2.24) is 4.98 Å². The molecule has 0 radical (unpaired) electrons. The lowest BCUT2D eigenvalue weighted by Crippen LogP contribution is -2.11. The molecule has 2 aromatic carbocycles. The van der Waals surface area contributed by atoms with Crippen LogP contribution in [-0.2, 0) is 5.75 Å². The topological polar surface area (TPSA) is 69.1 Å². The van der Waals surface area contributed by atoms with Crippen LogP contribution in [0, 0.1) is 5.82 Å². The van der Waals surface area contributed by atoms with Crippen LogP contribution in [0.1, 0.15) is 15.9 Å². The summed E-state index contributed by atoms with van der Waals surface area (Å²) in [5.74, 6) is -0.971. The van der Waals surface area contributed by atoms with Gasteiger partial charge in [-0.2, -0.15) is 0 Å². The number of carbonyl (C=O) groups excluding carboxylic acids is 1. The van der Waals surface area contributed by atoms with Gasteiger partial charge >= 0.3 is 0 Å². The second-order valence-electron chi connectivity index (χ2n) is 4.63. The van der Waals surface area contributed by atoms with E-state index in [1.54, 1.807) is 18.2 Å². The summed E-state index contributed by atoms with van der Waals surface area (Å²) >= 11 is 13.4. The maximum atomic E-state index is 13.5. The third kappa shape index (κ3) is 3.29. The van der Waals surface area contributed by atoms with E-state index >= 15 is 0 Å². The molecule has 0 spiro atoms. The van der Waals surface area contributed by atoms with E-state index in [-0.39, 0.29) is 21.9 Å². The Morgan fingerprint density at radius 1 is 1.30 bits per heavy atom. The molecule has 1 aromatic heterocycles. The van der Waals surface area contributed by atoms with Gasteiger partial charge in [-0.15, -0.1) is 0 Å². The third-order valence-corrected chi connectivity index (χ3v) is 4.67.